The summed E-state index contributed by atoms with van der Waals surface area (Å²) in [5.41, 5.74) is 3.24. The molecule has 2 aliphatic heterocycles. The maximum absolute atomic E-state index is 12.8. The summed E-state index contributed by atoms with van der Waals surface area (Å²) in [5, 5.41) is 0. The first-order valence-corrected chi connectivity index (χ1v) is 9.40. The van der Waals surface area contributed by atoms with E-state index in [0.717, 1.165) is 58.1 Å². The smallest absolute Gasteiger partial charge is 0.272 e. The molecule has 0 bridgehead atoms. The molecule has 0 radical (unpaired) electrons. The van der Waals surface area contributed by atoms with Crippen molar-refractivity contribution < 1.29 is 4.79 Å². The maximum atomic E-state index is 12.8. The third-order valence-electron chi connectivity index (χ3n) is 5.43. The highest BCUT2D eigenvalue weighted by molar-refractivity contribution is 5.93. The summed E-state index contributed by atoms with van der Waals surface area (Å²) in [6.45, 7) is 8.34. The molecule has 1 amide bonds. The number of anilines is 1. The van der Waals surface area contributed by atoms with Crippen LogP contribution in [0, 0.1) is 0 Å². The third kappa shape index (κ3) is 3.42. The molecule has 1 fully saturated rings. The molecule has 1 aromatic heterocycles. The molecule has 136 valence electrons. The van der Waals surface area contributed by atoms with Gasteiger partial charge in [-0.05, 0) is 24.1 Å². The first-order chi connectivity index (χ1) is 12.7. The van der Waals surface area contributed by atoms with Crippen LogP contribution in [-0.4, -0.2) is 64.9 Å². The molecule has 26 heavy (non-hydrogen) atoms. The number of rotatable bonds is 3. The molecule has 2 aliphatic rings. The highest BCUT2D eigenvalue weighted by Crippen LogP contribution is 2.23. The van der Waals surface area contributed by atoms with Crippen LogP contribution in [0.2, 0.25) is 0 Å². The number of benzene rings is 1. The van der Waals surface area contributed by atoms with E-state index in [1.54, 1.807) is 0 Å². The van der Waals surface area contributed by atoms with Gasteiger partial charge in [0.25, 0.3) is 5.91 Å². The van der Waals surface area contributed by atoms with Crippen molar-refractivity contribution in [2.24, 2.45) is 0 Å². The first-order valence-electron chi connectivity index (χ1n) is 9.40. The Morgan fingerprint density at radius 2 is 1.81 bits per heavy atom. The van der Waals surface area contributed by atoms with Crippen LogP contribution >= 0.6 is 0 Å². The molecule has 0 unspecified atom stereocenters. The number of carbonyl (C=O) groups is 1. The van der Waals surface area contributed by atoms with Gasteiger partial charge in [-0.25, -0.2) is 9.97 Å². The van der Waals surface area contributed by atoms with E-state index in [2.05, 4.69) is 51.0 Å². The van der Waals surface area contributed by atoms with Crippen molar-refractivity contribution in [1.82, 2.24) is 19.8 Å². The molecule has 1 aromatic carbocycles. The summed E-state index contributed by atoms with van der Waals surface area (Å²) in [6, 6.07) is 10.4. The van der Waals surface area contributed by atoms with Gasteiger partial charge in [0.2, 0.25) is 0 Å². The maximum Gasteiger partial charge on any atom is 0.272 e. The second-order valence-electron chi connectivity index (χ2n) is 6.93. The lowest BCUT2D eigenvalue weighted by Gasteiger charge is -2.34. The molecule has 4 rings (SSSR count). The zero-order chi connectivity index (χ0) is 17.9. The minimum Gasteiger partial charge on any atom is -0.352 e. The molecule has 3 heterocycles. The van der Waals surface area contributed by atoms with E-state index in [1.165, 1.54) is 17.5 Å². The van der Waals surface area contributed by atoms with E-state index < -0.39 is 0 Å². The van der Waals surface area contributed by atoms with Crippen LogP contribution in [0.25, 0.3) is 0 Å². The third-order valence-corrected chi connectivity index (χ3v) is 5.43. The van der Waals surface area contributed by atoms with Gasteiger partial charge in [-0.2, -0.15) is 0 Å². The number of likely N-dealkylation sites (N-methyl/N-ethyl adjacent to an activating group) is 1. The quantitative estimate of drug-likeness (QED) is 0.844. The van der Waals surface area contributed by atoms with Gasteiger partial charge in [0.05, 0.1) is 0 Å². The Morgan fingerprint density at radius 3 is 2.58 bits per heavy atom. The summed E-state index contributed by atoms with van der Waals surface area (Å²) < 4.78 is 0. The fraction of sp³-hybridized carbons (Fsp3) is 0.450. The fourth-order valence-corrected chi connectivity index (χ4v) is 3.76. The number of piperazine rings is 1. The van der Waals surface area contributed by atoms with Crippen LogP contribution in [0.5, 0.6) is 0 Å². The Bertz CT molecular complexity index is 785. The van der Waals surface area contributed by atoms with Gasteiger partial charge in [0.1, 0.15) is 17.8 Å². The minimum absolute atomic E-state index is 0.0156. The molecule has 0 N–H and O–H groups in total. The molecule has 0 aliphatic carbocycles. The SMILES string of the molecule is CCN1CCN(C(=O)c2cc(N3CCc4ccccc4C3)ncn2)CC1. The number of fused-ring (bicyclic) bond motifs is 1. The number of aromatic nitrogens is 2. The number of carbonyl (C=O) groups excluding carboxylic acids is 1. The van der Waals surface area contributed by atoms with Crippen LogP contribution in [-0.2, 0) is 13.0 Å². The van der Waals surface area contributed by atoms with Gasteiger partial charge in [0, 0.05) is 45.3 Å². The van der Waals surface area contributed by atoms with Crippen molar-refractivity contribution in [1.29, 1.82) is 0 Å². The van der Waals surface area contributed by atoms with Gasteiger partial charge in [-0.1, -0.05) is 31.2 Å². The average Bonchev–Trinajstić information content (AvgIpc) is 2.73. The summed E-state index contributed by atoms with van der Waals surface area (Å²) >= 11 is 0. The van der Waals surface area contributed by atoms with Gasteiger partial charge in [0.15, 0.2) is 0 Å². The van der Waals surface area contributed by atoms with Crippen LogP contribution in [0.15, 0.2) is 36.7 Å². The second kappa shape index (κ2) is 7.41. The molecular weight excluding hydrogens is 326 g/mol. The fourth-order valence-electron chi connectivity index (χ4n) is 3.76. The zero-order valence-corrected chi connectivity index (χ0v) is 15.3. The average molecular weight is 351 g/mol. The van der Waals surface area contributed by atoms with Crippen molar-refractivity contribution in [2.75, 3.05) is 44.2 Å². The van der Waals surface area contributed by atoms with Crippen molar-refractivity contribution in [3.8, 4) is 0 Å². The van der Waals surface area contributed by atoms with E-state index in [9.17, 15) is 4.79 Å². The normalized spacial score (nSPS) is 17.9. The molecule has 0 saturated carbocycles. The van der Waals surface area contributed by atoms with Crippen LogP contribution in [0.4, 0.5) is 5.82 Å². The lowest BCUT2D eigenvalue weighted by Crippen LogP contribution is -2.48. The van der Waals surface area contributed by atoms with Gasteiger partial charge in [-0.15, -0.1) is 0 Å². The molecular formula is C20H25N5O. The molecule has 0 spiro atoms. The van der Waals surface area contributed by atoms with Crippen molar-refractivity contribution in [3.63, 3.8) is 0 Å². The summed E-state index contributed by atoms with van der Waals surface area (Å²) in [7, 11) is 0. The number of amides is 1. The van der Waals surface area contributed by atoms with E-state index in [1.807, 2.05) is 11.0 Å². The Labute approximate surface area is 154 Å². The monoisotopic (exact) mass is 351 g/mol. The number of hydrogen-bond acceptors (Lipinski definition) is 5. The highest BCUT2D eigenvalue weighted by Gasteiger charge is 2.24. The van der Waals surface area contributed by atoms with E-state index >= 15 is 0 Å². The van der Waals surface area contributed by atoms with Crippen LogP contribution < -0.4 is 4.90 Å². The first kappa shape index (κ1) is 17.0. The molecule has 2 aromatic rings. The Balaban J connectivity index is 1.48. The topological polar surface area (TPSA) is 52.6 Å². The predicted octanol–water partition coefficient (Wildman–Crippen LogP) is 1.82. The van der Waals surface area contributed by atoms with Crippen molar-refractivity contribution >= 4 is 11.7 Å². The molecule has 6 nitrogen and oxygen atoms in total. The molecule has 1 saturated heterocycles. The summed E-state index contributed by atoms with van der Waals surface area (Å²) in [5.74, 6) is 0.854. The van der Waals surface area contributed by atoms with Crippen LogP contribution in [0.3, 0.4) is 0 Å². The lowest BCUT2D eigenvalue weighted by molar-refractivity contribution is 0.0637. The van der Waals surface area contributed by atoms with E-state index in [4.69, 9.17) is 0 Å². The minimum atomic E-state index is 0.0156. The Hall–Kier alpha value is -2.47. The summed E-state index contributed by atoms with van der Waals surface area (Å²) in [4.78, 5) is 28.0. The van der Waals surface area contributed by atoms with Crippen molar-refractivity contribution in [2.45, 2.75) is 19.9 Å². The van der Waals surface area contributed by atoms with E-state index in [-0.39, 0.29) is 5.91 Å². The zero-order valence-electron chi connectivity index (χ0n) is 15.3. The highest BCUT2D eigenvalue weighted by atomic mass is 16.2. The van der Waals surface area contributed by atoms with Gasteiger partial charge >= 0.3 is 0 Å². The lowest BCUT2D eigenvalue weighted by atomic mass is 10.00. The van der Waals surface area contributed by atoms with E-state index in [0.29, 0.717) is 5.69 Å². The molecule has 0 atom stereocenters. The number of nitrogens with zero attached hydrogens (tertiary/aromatic N) is 5. The Morgan fingerprint density at radius 1 is 1.04 bits per heavy atom. The van der Waals surface area contributed by atoms with Crippen LogP contribution in [0.1, 0.15) is 28.5 Å². The summed E-state index contributed by atoms with van der Waals surface area (Å²) in [6.07, 6.45) is 2.52. The molecule has 6 heteroatoms. The van der Waals surface area contributed by atoms with Crippen molar-refractivity contribution in [3.05, 3.63) is 53.5 Å². The second-order valence-corrected chi connectivity index (χ2v) is 6.93. The Kier molecular flexibility index (Phi) is 4.84. The standard InChI is InChI=1S/C20H25N5O/c1-2-23-9-11-24(12-10-23)20(26)18-13-19(22-15-21-18)25-8-7-16-5-3-4-6-17(16)14-25/h3-6,13,15H,2,7-12,14H2,1H3. The van der Waals surface area contributed by atoms with Gasteiger partial charge in [-0.3, -0.25) is 4.79 Å². The van der Waals surface area contributed by atoms with Gasteiger partial charge < -0.3 is 14.7 Å². The number of hydrogen-bond donors (Lipinski definition) is 0. The largest absolute Gasteiger partial charge is 0.352 e. The predicted molar refractivity (Wildman–Crippen MR) is 101 cm³/mol.